The number of carboxylic acids is 1. The van der Waals surface area contributed by atoms with Crippen LogP contribution in [0.25, 0.3) is 0 Å². The van der Waals surface area contributed by atoms with Crippen LogP contribution in [0.5, 0.6) is 0 Å². The number of carbonyl (C=O) groups excluding carboxylic acids is 1. The zero-order chi connectivity index (χ0) is 14.7. The molecule has 0 bridgehead atoms. The predicted molar refractivity (Wildman–Crippen MR) is 76.3 cm³/mol. The number of carbonyl (C=O) groups is 2. The zero-order valence-corrected chi connectivity index (χ0v) is 12.5. The van der Waals surface area contributed by atoms with Gasteiger partial charge in [0.1, 0.15) is 0 Å². The summed E-state index contributed by atoms with van der Waals surface area (Å²) in [4.78, 5) is 24.7. The Morgan fingerprint density at radius 3 is 2.80 bits per heavy atom. The van der Waals surface area contributed by atoms with Gasteiger partial charge in [0.15, 0.2) is 6.10 Å². The summed E-state index contributed by atoms with van der Waals surface area (Å²) < 4.78 is 5.35. The van der Waals surface area contributed by atoms with Crippen molar-refractivity contribution in [2.75, 3.05) is 6.54 Å². The minimum atomic E-state index is -0.930. The maximum absolute atomic E-state index is 12.0. The Balaban J connectivity index is 1.85. The van der Waals surface area contributed by atoms with Crippen LogP contribution in [0.3, 0.4) is 0 Å². The summed E-state index contributed by atoms with van der Waals surface area (Å²) in [6.45, 7) is 4.44. The molecule has 0 aromatic carbocycles. The number of hydrogen-bond donors (Lipinski definition) is 2. The molecule has 2 rings (SSSR count). The first-order valence-corrected chi connectivity index (χ1v) is 7.58. The lowest BCUT2D eigenvalue weighted by Crippen LogP contribution is -2.32. The van der Waals surface area contributed by atoms with Gasteiger partial charge >= 0.3 is 5.97 Å². The van der Waals surface area contributed by atoms with Crippen LogP contribution in [0, 0.1) is 6.92 Å². The van der Waals surface area contributed by atoms with E-state index in [4.69, 9.17) is 9.84 Å². The molecule has 0 radical (unpaired) electrons. The maximum Gasteiger partial charge on any atom is 0.332 e. The Morgan fingerprint density at radius 1 is 1.50 bits per heavy atom. The van der Waals surface area contributed by atoms with Crippen molar-refractivity contribution in [2.45, 2.75) is 45.3 Å². The van der Waals surface area contributed by atoms with E-state index in [2.05, 4.69) is 12.2 Å². The molecule has 2 atom stereocenters. The average Bonchev–Trinajstić information content (AvgIpc) is 3.02. The number of nitrogens with one attached hydrogen (secondary N) is 1. The van der Waals surface area contributed by atoms with Crippen LogP contribution in [-0.2, 0) is 16.0 Å². The molecule has 1 saturated heterocycles. The molecule has 1 aliphatic rings. The molecule has 2 unspecified atom stereocenters. The van der Waals surface area contributed by atoms with Gasteiger partial charge in [-0.05, 0) is 37.8 Å². The zero-order valence-electron chi connectivity index (χ0n) is 11.6. The molecule has 0 spiro atoms. The first kappa shape index (κ1) is 15.0. The largest absolute Gasteiger partial charge is 0.479 e. The Kier molecular flexibility index (Phi) is 4.77. The first-order chi connectivity index (χ1) is 9.51. The Labute approximate surface area is 121 Å². The van der Waals surface area contributed by atoms with Gasteiger partial charge in [0, 0.05) is 11.4 Å². The van der Waals surface area contributed by atoms with Crippen molar-refractivity contribution >= 4 is 23.2 Å². The summed E-state index contributed by atoms with van der Waals surface area (Å²) in [5.74, 6) is -1.04. The van der Waals surface area contributed by atoms with E-state index in [9.17, 15) is 9.59 Å². The molecule has 1 aromatic heterocycles. The Morgan fingerprint density at radius 2 is 2.25 bits per heavy atom. The van der Waals surface area contributed by atoms with Crippen molar-refractivity contribution in [3.63, 3.8) is 0 Å². The quantitative estimate of drug-likeness (QED) is 0.871. The molecule has 1 fully saturated rings. The van der Waals surface area contributed by atoms with E-state index in [1.54, 1.807) is 0 Å². The van der Waals surface area contributed by atoms with Gasteiger partial charge in [-0.15, -0.1) is 11.3 Å². The van der Waals surface area contributed by atoms with Gasteiger partial charge in [-0.25, -0.2) is 4.79 Å². The van der Waals surface area contributed by atoms with Gasteiger partial charge in [0.2, 0.25) is 0 Å². The van der Waals surface area contributed by atoms with Crippen LogP contribution in [0.15, 0.2) is 6.07 Å². The van der Waals surface area contributed by atoms with Crippen molar-refractivity contribution in [3.05, 3.63) is 21.4 Å². The van der Waals surface area contributed by atoms with Crippen LogP contribution in [0.4, 0.5) is 0 Å². The fraction of sp³-hybridized carbons (Fsp3) is 0.571. The fourth-order valence-electron chi connectivity index (χ4n) is 2.31. The van der Waals surface area contributed by atoms with E-state index in [-0.39, 0.29) is 12.0 Å². The Hall–Kier alpha value is -1.40. The van der Waals surface area contributed by atoms with E-state index in [1.165, 1.54) is 21.8 Å². The van der Waals surface area contributed by atoms with E-state index in [0.29, 0.717) is 24.3 Å². The second-order valence-electron chi connectivity index (χ2n) is 4.92. The fourth-order valence-corrected chi connectivity index (χ4v) is 3.34. The van der Waals surface area contributed by atoms with Gasteiger partial charge in [-0.3, -0.25) is 4.79 Å². The van der Waals surface area contributed by atoms with E-state index in [0.717, 1.165) is 6.42 Å². The summed E-state index contributed by atoms with van der Waals surface area (Å²) in [6, 6.07) is 1.92. The van der Waals surface area contributed by atoms with E-state index < -0.39 is 12.1 Å². The van der Waals surface area contributed by atoms with Crippen LogP contribution in [0.2, 0.25) is 0 Å². The van der Waals surface area contributed by atoms with Crippen molar-refractivity contribution in [1.82, 2.24) is 5.32 Å². The molecule has 0 aliphatic carbocycles. The van der Waals surface area contributed by atoms with Gasteiger partial charge in [-0.1, -0.05) is 6.92 Å². The van der Waals surface area contributed by atoms with Crippen molar-refractivity contribution < 1.29 is 19.4 Å². The lowest BCUT2D eigenvalue weighted by atomic mass is 10.2. The molecule has 110 valence electrons. The predicted octanol–water partition coefficient (Wildman–Crippen LogP) is 1.98. The maximum atomic E-state index is 12.0. The number of hydrogen-bond acceptors (Lipinski definition) is 4. The number of aliphatic carboxylic acids is 1. The number of thiophene rings is 1. The number of aryl methyl sites for hydroxylation is 2. The molecule has 20 heavy (non-hydrogen) atoms. The summed E-state index contributed by atoms with van der Waals surface area (Å²) in [5, 5.41) is 11.7. The topological polar surface area (TPSA) is 75.6 Å². The molecule has 2 N–H and O–H groups in total. The van der Waals surface area contributed by atoms with E-state index >= 15 is 0 Å². The minimum absolute atomic E-state index is 0.111. The monoisotopic (exact) mass is 297 g/mol. The van der Waals surface area contributed by atoms with Gasteiger partial charge < -0.3 is 15.2 Å². The Bertz CT molecular complexity index is 511. The second-order valence-corrected chi connectivity index (χ2v) is 6.17. The highest BCUT2D eigenvalue weighted by atomic mass is 32.1. The summed E-state index contributed by atoms with van der Waals surface area (Å²) >= 11 is 1.49. The highest BCUT2D eigenvalue weighted by Gasteiger charge is 2.30. The van der Waals surface area contributed by atoms with E-state index in [1.807, 2.05) is 13.0 Å². The highest BCUT2D eigenvalue weighted by molar-refractivity contribution is 7.14. The molecular weight excluding hydrogens is 278 g/mol. The second kappa shape index (κ2) is 6.37. The summed E-state index contributed by atoms with van der Waals surface area (Å²) in [7, 11) is 0. The number of amides is 1. The third kappa shape index (κ3) is 3.37. The van der Waals surface area contributed by atoms with Gasteiger partial charge in [0.05, 0.1) is 11.0 Å². The number of carboxylic acid groups (broad SMARTS) is 1. The summed E-state index contributed by atoms with van der Waals surface area (Å²) in [6.07, 6.45) is 1.16. The molecule has 2 heterocycles. The smallest absolute Gasteiger partial charge is 0.332 e. The minimum Gasteiger partial charge on any atom is -0.479 e. The average molecular weight is 297 g/mol. The molecule has 5 nitrogen and oxygen atoms in total. The molecular formula is C14H19NO4S. The molecule has 1 amide bonds. The van der Waals surface area contributed by atoms with Crippen molar-refractivity contribution in [2.24, 2.45) is 0 Å². The molecule has 1 aliphatic heterocycles. The lowest BCUT2D eigenvalue weighted by Gasteiger charge is -2.11. The van der Waals surface area contributed by atoms with Crippen LogP contribution < -0.4 is 5.32 Å². The van der Waals surface area contributed by atoms with Crippen molar-refractivity contribution in [3.8, 4) is 0 Å². The molecule has 1 aromatic rings. The SMILES string of the molecule is CCc1cc(C(=O)NCC2CCC(C(=O)O)O2)sc1C. The molecule has 6 heteroatoms. The third-order valence-corrected chi connectivity index (χ3v) is 4.59. The standard InChI is InChI=1S/C14H19NO4S/c1-3-9-6-12(20-8(9)2)13(16)15-7-10-4-5-11(19-10)14(17)18/h6,10-11H,3-5,7H2,1-2H3,(H,15,16)(H,17,18). The highest BCUT2D eigenvalue weighted by Crippen LogP contribution is 2.22. The summed E-state index contributed by atoms with van der Waals surface area (Å²) in [5.41, 5.74) is 1.20. The van der Waals surface area contributed by atoms with Gasteiger partial charge in [-0.2, -0.15) is 0 Å². The van der Waals surface area contributed by atoms with Crippen LogP contribution >= 0.6 is 11.3 Å². The van der Waals surface area contributed by atoms with Crippen molar-refractivity contribution in [1.29, 1.82) is 0 Å². The van der Waals surface area contributed by atoms with Crippen LogP contribution in [0.1, 0.15) is 39.9 Å². The van der Waals surface area contributed by atoms with Crippen LogP contribution in [-0.4, -0.2) is 35.7 Å². The normalized spacial score (nSPS) is 21.9. The number of rotatable bonds is 5. The number of ether oxygens (including phenoxy) is 1. The first-order valence-electron chi connectivity index (χ1n) is 6.77. The molecule has 0 saturated carbocycles. The van der Waals surface area contributed by atoms with Gasteiger partial charge in [0.25, 0.3) is 5.91 Å². The lowest BCUT2D eigenvalue weighted by molar-refractivity contribution is -0.149. The third-order valence-electron chi connectivity index (χ3n) is 3.50.